The van der Waals surface area contributed by atoms with Crippen molar-refractivity contribution in [3.8, 4) is 0 Å². The zero-order valence-electron chi connectivity index (χ0n) is 12.8. The third-order valence-electron chi connectivity index (χ3n) is 2.47. The zero-order valence-corrected chi connectivity index (χ0v) is 12.8. The number of ether oxygens (including phenoxy) is 1. The maximum atomic E-state index is 13.0. The summed E-state index contributed by atoms with van der Waals surface area (Å²) in [6, 6.07) is 3.19. The van der Waals surface area contributed by atoms with Crippen LogP contribution in [0.4, 0.5) is 13.6 Å². The van der Waals surface area contributed by atoms with E-state index in [9.17, 15) is 13.6 Å². The quantitative estimate of drug-likeness (QED) is 0.879. The van der Waals surface area contributed by atoms with Crippen molar-refractivity contribution >= 4 is 6.09 Å². The van der Waals surface area contributed by atoms with Crippen LogP contribution in [0.2, 0.25) is 0 Å². The fraction of sp³-hybridized carbons (Fsp3) is 0.533. The van der Waals surface area contributed by atoms with E-state index in [0.717, 1.165) is 6.07 Å². The van der Waals surface area contributed by atoms with Gasteiger partial charge in [-0.25, -0.2) is 13.6 Å². The van der Waals surface area contributed by atoms with E-state index in [1.165, 1.54) is 12.1 Å². The summed E-state index contributed by atoms with van der Waals surface area (Å²) in [4.78, 5) is 11.5. The van der Waals surface area contributed by atoms with Crippen molar-refractivity contribution in [2.45, 2.75) is 45.9 Å². The number of halogens is 2. The first-order chi connectivity index (χ1) is 9.65. The Labute approximate surface area is 123 Å². The van der Waals surface area contributed by atoms with Crippen LogP contribution in [0.15, 0.2) is 18.2 Å². The van der Waals surface area contributed by atoms with Crippen molar-refractivity contribution in [2.75, 3.05) is 6.54 Å². The van der Waals surface area contributed by atoms with Crippen LogP contribution in [0.25, 0.3) is 0 Å². The summed E-state index contributed by atoms with van der Waals surface area (Å²) in [6.07, 6.45) is -0.492. The van der Waals surface area contributed by atoms with Gasteiger partial charge in [0.2, 0.25) is 0 Å². The molecule has 0 heterocycles. The largest absolute Gasteiger partial charge is 0.444 e. The molecular weight excluding hydrogens is 278 g/mol. The van der Waals surface area contributed by atoms with E-state index in [-0.39, 0.29) is 6.04 Å². The summed E-state index contributed by atoms with van der Waals surface area (Å²) >= 11 is 0. The van der Waals surface area contributed by atoms with E-state index in [1.54, 1.807) is 20.8 Å². The predicted molar refractivity (Wildman–Crippen MR) is 76.9 cm³/mol. The van der Waals surface area contributed by atoms with Crippen LogP contribution in [-0.4, -0.2) is 24.3 Å². The minimum Gasteiger partial charge on any atom is -0.444 e. The van der Waals surface area contributed by atoms with Crippen molar-refractivity contribution in [1.82, 2.24) is 10.6 Å². The van der Waals surface area contributed by atoms with Crippen LogP contribution in [0, 0.1) is 11.6 Å². The van der Waals surface area contributed by atoms with Crippen LogP contribution in [0.1, 0.15) is 33.3 Å². The second kappa shape index (κ2) is 7.36. The third-order valence-corrected chi connectivity index (χ3v) is 2.47. The Morgan fingerprint density at radius 1 is 1.24 bits per heavy atom. The topological polar surface area (TPSA) is 50.4 Å². The Bertz CT molecular complexity index is 467. The summed E-state index contributed by atoms with van der Waals surface area (Å²) in [5.41, 5.74) is -0.0342. The van der Waals surface area contributed by atoms with Gasteiger partial charge in [0.05, 0.1) is 0 Å². The fourth-order valence-electron chi connectivity index (χ4n) is 1.71. The Kier molecular flexibility index (Phi) is 6.08. The molecule has 0 aliphatic rings. The number of carbonyl (C=O) groups excluding carboxylic acids is 1. The molecule has 0 saturated heterocycles. The molecule has 6 heteroatoms. The molecule has 2 N–H and O–H groups in total. The molecule has 0 aromatic heterocycles. The van der Waals surface area contributed by atoms with Gasteiger partial charge in [-0.15, -0.1) is 0 Å². The fourth-order valence-corrected chi connectivity index (χ4v) is 1.71. The lowest BCUT2D eigenvalue weighted by Crippen LogP contribution is -2.42. The molecule has 1 aromatic carbocycles. The van der Waals surface area contributed by atoms with Crippen molar-refractivity contribution < 1.29 is 18.3 Å². The molecular formula is C15H22F2N2O2. The Hall–Kier alpha value is -1.69. The normalized spacial score (nSPS) is 12.9. The maximum absolute atomic E-state index is 13.0. The number of amides is 1. The lowest BCUT2D eigenvalue weighted by atomic mass is 10.2. The van der Waals surface area contributed by atoms with Crippen molar-refractivity contribution in [3.05, 3.63) is 35.4 Å². The smallest absolute Gasteiger partial charge is 0.407 e. The van der Waals surface area contributed by atoms with Crippen molar-refractivity contribution in [2.24, 2.45) is 0 Å². The SMILES string of the molecule is CC(CNCc1cc(F)cc(F)c1)NC(=O)OC(C)(C)C. The molecule has 0 spiro atoms. The van der Waals surface area contributed by atoms with Gasteiger partial charge in [0, 0.05) is 25.2 Å². The van der Waals surface area contributed by atoms with Gasteiger partial charge in [-0.1, -0.05) is 0 Å². The summed E-state index contributed by atoms with van der Waals surface area (Å²) in [5.74, 6) is -1.21. The van der Waals surface area contributed by atoms with Crippen LogP contribution in [0.5, 0.6) is 0 Å². The summed E-state index contributed by atoms with van der Waals surface area (Å²) in [5, 5.41) is 5.69. The van der Waals surface area contributed by atoms with Gasteiger partial charge < -0.3 is 15.4 Å². The molecule has 118 valence electrons. The predicted octanol–water partition coefficient (Wildman–Crippen LogP) is 2.97. The number of hydrogen-bond acceptors (Lipinski definition) is 3. The highest BCUT2D eigenvalue weighted by molar-refractivity contribution is 5.68. The van der Waals surface area contributed by atoms with Crippen LogP contribution < -0.4 is 10.6 Å². The first kappa shape index (κ1) is 17.4. The standard InChI is InChI=1S/C15H22F2N2O2/c1-10(19-14(20)21-15(2,3)4)8-18-9-11-5-12(16)7-13(17)6-11/h5-7,10,18H,8-9H2,1-4H3,(H,19,20). The number of carbonyl (C=O) groups is 1. The van der Waals surface area contributed by atoms with E-state index in [0.29, 0.717) is 18.7 Å². The number of hydrogen-bond donors (Lipinski definition) is 2. The third kappa shape index (κ3) is 7.60. The second-order valence-electron chi connectivity index (χ2n) is 5.96. The van der Waals surface area contributed by atoms with Crippen molar-refractivity contribution in [3.63, 3.8) is 0 Å². The van der Waals surface area contributed by atoms with E-state index < -0.39 is 23.3 Å². The molecule has 1 rings (SSSR count). The molecule has 21 heavy (non-hydrogen) atoms. The van der Waals surface area contributed by atoms with E-state index in [2.05, 4.69) is 10.6 Å². The molecule has 0 radical (unpaired) electrons. The summed E-state index contributed by atoms with van der Waals surface area (Å²) < 4.78 is 31.1. The average molecular weight is 300 g/mol. The number of alkyl carbamates (subject to hydrolysis) is 1. The molecule has 0 aliphatic heterocycles. The molecule has 1 atom stereocenters. The molecule has 1 unspecified atom stereocenters. The van der Waals surface area contributed by atoms with E-state index in [4.69, 9.17) is 4.74 Å². The number of rotatable bonds is 5. The van der Waals surface area contributed by atoms with Gasteiger partial charge in [0.15, 0.2) is 0 Å². The highest BCUT2D eigenvalue weighted by Gasteiger charge is 2.17. The van der Waals surface area contributed by atoms with E-state index in [1.807, 2.05) is 6.92 Å². The van der Waals surface area contributed by atoms with Gasteiger partial charge in [0.25, 0.3) is 0 Å². The minimum absolute atomic E-state index is 0.168. The molecule has 0 bridgehead atoms. The Morgan fingerprint density at radius 2 is 1.81 bits per heavy atom. The van der Waals surface area contributed by atoms with Gasteiger partial charge >= 0.3 is 6.09 Å². The van der Waals surface area contributed by atoms with Crippen LogP contribution >= 0.6 is 0 Å². The molecule has 0 fully saturated rings. The molecule has 1 aromatic rings. The molecule has 0 saturated carbocycles. The molecule has 1 amide bonds. The minimum atomic E-state index is -0.605. The summed E-state index contributed by atoms with van der Waals surface area (Å²) in [6.45, 7) is 7.94. The number of benzene rings is 1. The van der Waals surface area contributed by atoms with Crippen molar-refractivity contribution in [1.29, 1.82) is 0 Å². The van der Waals surface area contributed by atoms with Crippen LogP contribution in [0.3, 0.4) is 0 Å². The highest BCUT2D eigenvalue weighted by Crippen LogP contribution is 2.08. The zero-order chi connectivity index (χ0) is 16.0. The monoisotopic (exact) mass is 300 g/mol. The summed E-state index contributed by atoms with van der Waals surface area (Å²) in [7, 11) is 0. The number of nitrogens with one attached hydrogen (secondary N) is 2. The van der Waals surface area contributed by atoms with Crippen LogP contribution in [-0.2, 0) is 11.3 Å². The lowest BCUT2D eigenvalue weighted by Gasteiger charge is -2.22. The Balaban J connectivity index is 2.33. The second-order valence-corrected chi connectivity index (χ2v) is 5.96. The molecule has 0 aliphatic carbocycles. The maximum Gasteiger partial charge on any atom is 0.407 e. The first-order valence-corrected chi connectivity index (χ1v) is 6.81. The first-order valence-electron chi connectivity index (χ1n) is 6.81. The van der Waals surface area contributed by atoms with Gasteiger partial charge in [-0.3, -0.25) is 0 Å². The van der Waals surface area contributed by atoms with Gasteiger partial charge in [-0.05, 0) is 45.4 Å². The lowest BCUT2D eigenvalue weighted by molar-refractivity contribution is 0.0508. The average Bonchev–Trinajstić information content (AvgIpc) is 2.24. The Morgan fingerprint density at radius 3 is 2.33 bits per heavy atom. The highest BCUT2D eigenvalue weighted by atomic mass is 19.1. The van der Waals surface area contributed by atoms with E-state index >= 15 is 0 Å². The van der Waals surface area contributed by atoms with Gasteiger partial charge in [-0.2, -0.15) is 0 Å². The van der Waals surface area contributed by atoms with Gasteiger partial charge in [0.1, 0.15) is 17.2 Å². The molecule has 4 nitrogen and oxygen atoms in total.